The number of nitrogens with zero attached hydrogens (tertiary/aromatic N) is 2. The largest absolute Gasteiger partial charge is 0.378 e. The molecule has 0 aromatic heterocycles. The molecule has 0 spiro atoms. The van der Waals surface area contributed by atoms with Crippen molar-refractivity contribution in [1.29, 1.82) is 0 Å². The van der Waals surface area contributed by atoms with E-state index in [2.05, 4.69) is 40.1 Å². The summed E-state index contributed by atoms with van der Waals surface area (Å²) in [5, 5.41) is 0. The van der Waals surface area contributed by atoms with E-state index in [4.69, 9.17) is 9.47 Å². The lowest BCUT2D eigenvalue weighted by molar-refractivity contribution is 0.104. The molecule has 0 unspecified atom stereocenters. The summed E-state index contributed by atoms with van der Waals surface area (Å²) in [5.74, 6) is 0.0207. The fraction of sp³-hybridized carbons (Fsp3) is 0.348. The predicted molar refractivity (Wildman–Crippen MR) is 112 cm³/mol. The minimum Gasteiger partial charge on any atom is -0.378 e. The van der Waals surface area contributed by atoms with Gasteiger partial charge in [0.2, 0.25) is 0 Å². The van der Waals surface area contributed by atoms with Crippen LogP contribution in [0.15, 0.2) is 54.6 Å². The minimum atomic E-state index is 0.0207. The van der Waals surface area contributed by atoms with E-state index in [9.17, 15) is 4.79 Å². The van der Waals surface area contributed by atoms with Crippen LogP contribution in [0.5, 0.6) is 0 Å². The number of morpholine rings is 2. The maximum Gasteiger partial charge on any atom is 0.185 e. The first kappa shape index (κ1) is 18.7. The highest BCUT2D eigenvalue weighted by atomic mass is 16.5. The normalized spacial score (nSPS) is 17.9. The number of carbonyl (C=O) groups excluding carboxylic acids is 1. The fourth-order valence-corrected chi connectivity index (χ4v) is 3.56. The molecule has 2 aromatic rings. The zero-order chi connectivity index (χ0) is 19.2. The van der Waals surface area contributed by atoms with Crippen molar-refractivity contribution in [3.63, 3.8) is 0 Å². The third-order valence-electron chi connectivity index (χ3n) is 5.20. The van der Waals surface area contributed by atoms with Crippen LogP contribution in [0.2, 0.25) is 0 Å². The Morgan fingerprint density at radius 2 is 1.39 bits per heavy atom. The van der Waals surface area contributed by atoms with E-state index in [0.29, 0.717) is 5.56 Å². The number of ether oxygens (including phenoxy) is 2. The second kappa shape index (κ2) is 9.04. The Kier molecular flexibility index (Phi) is 6.04. The van der Waals surface area contributed by atoms with Gasteiger partial charge >= 0.3 is 0 Å². The van der Waals surface area contributed by atoms with Crippen molar-refractivity contribution < 1.29 is 14.3 Å². The van der Waals surface area contributed by atoms with Gasteiger partial charge in [-0.2, -0.15) is 0 Å². The molecule has 0 saturated carbocycles. The van der Waals surface area contributed by atoms with Crippen molar-refractivity contribution in [1.82, 2.24) is 0 Å². The Morgan fingerprint density at radius 3 is 2.04 bits per heavy atom. The van der Waals surface area contributed by atoms with Gasteiger partial charge in [0, 0.05) is 43.1 Å². The van der Waals surface area contributed by atoms with E-state index in [-0.39, 0.29) is 5.78 Å². The van der Waals surface area contributed by atoms with Crippen LogP contribution in [0.4, 0.5) is 11.4 Å². The summed E-state index contributed by atoms with van der Waals surface area (Å²) >= 11 is 0. The Labute approximate surface area is 166 Å². The Hall–Kier alpha value is -2.63. The van der Waals surface area contributed by atoms with Gasteiger partial charge in [0.15, 0.2) is 5.78 Å². The number of benzene rings is 2. The zero-order valence-corrected chi connectivity index (χ0v) is 16.0. The third kappa shape index (κ3) is 4.61. The molecule has 0 N–H and O–H groups in total. The lowest BCUT2D eigenvalue weighted by Crippen LogP contribution is -2.36. The molecule has 5 nitrogen and oxygen atoms in total. The molecule has 0 bridgehead atoms. The maximum absolute atomic E-state index is 12.6. The van der Waals surface area contributed by atoms with Crippen LogP contribution >= 0.6 is 0 Å². The molecule has 0 amide bonds. The lowest BCUT2D eigenvalue weighted by Gasteiger charge is -2.29. The van der Waals surface area contributed by atoms with Gasteiger partial charge in [-0.3, -0.25) is 4.79 Å². The van der Waals surface area contributed by atoms with Crippen molar-refractivity contribution in [2.45, 2.75) is 0 Å². The Morgan fingerprint density at radius 1 is 0.786 bits per heavy atom. The zero-order valence-electron chi connectivity index (χ0n) is 16.0. The van der Waals surface area contributed by atoms with Gasteiger partial charge in [-0.1, -0.05) is 30.3 Å². The van der Waals surface area contributed by atoms with Crippen molar-refractivity contribution in [3.05, 3.63) is 65.7 Å². The first-order valence-corrected chi connectivity index (χ1v) is 9.87. The monoisotopic (exact) mass is 378 g/mol. The lowest BCUT2D eigenvalue weighted by atomic mass is 10.1. The highest BCUT2D eigenvalue weighted by Gasteiger charge is 2.13. The van der Waals surface area contributed by atoms with Gasteiger partial charge in [0.1, 0.15) is 0 Å². The predicted octanol–water partition coefficient (Wildman–Crippen LogP) is 3.26. The molecule has 0 radical (unpaired) electrons. The van der Waals surface area contributed by atoms with Gasteiger partial charge < -0.3 is 19.3 Å². The van der Waals surface area contributed by atoms with Crippen LogP contribution in [0.1, 0.15) is 15.9 Å². The standard InChI is InChI=1S/C23H26N2O3/c26-23(20-2-1-3-22(18-20)25-12-16-28-17-13-25)9-6-19-4-7-21(8-5-19)24-10-14-27-15-11-24/h1-9,18H,10-17H2/b9-6+. The van der Waals surface area contributed by atoms with Crippen LogP contribution < -0.4 is 9.80 Å². The Bertz CT molecular complexity index is 820. The van der Waals surface area contributed by atoms with Crippen molar-refractivity contribution >= 4 is 23.2 Å². The number of carbonyl (C=O) groups is 1. The topological polar surface area (TPSA) is 42.0 Å². The van der Waals surface area contributed by atoms with Crippen LogP contribution in [0.25, 0.3) is 6.08 Å². The number of rotatable bonds is 5. The molecular formula is C23H26N2O3. The van der Waals surface area contributed by atoms with E-state index in [1.54, 1.807) is 6.08 Å². The smallest absolute Gasteiger partial charge is 0.185 e. The summed E-state index contributed by atoms with van der Waals surface area (Å²) in [7, 11) is 0. The number of anilines is 2. The van der Waals surface area contributed by atoms with E-state index in [1.807, 2.05) is 24.3 Å². The quantitative estimate of drug-likeness (QED) is 0.590. The molecule has 0 atom stereocenters. The highest BCUT2D eigenvalue weighted by molar-refractivity contribution is 6.07. The molecule has 0 aliphatic carbocycles. The van der Waals surface area contributed by atoms with Crippen molar-refractivity contribution in [3.8, 4) is 0 Å². The summed E-state index contributed by atoms with van der Waals surface area (Å²) in [5.41, 5.74) is 4.02. The van der Waals surface area contributed by atoms with Gasteiger partial charge in [-0.25, -0.2) is 0 Å². The molecule has 4 rings (SSSR count). The van der Waals surface area contributed by atoms with E-state index < -0.39 is 0 Å². The number of hydrogen-bond acceptors (Lipinski definition) is 5. The third-order valence-corrected chi connectivity index (χ3v) is 5.20. The number of hydrogen-bond donors (Lipinski definition) is 0. The number of ketones is 1. The van der Waals surface area contributed by atoms with Gasteiger partial charge in [0.05, 0.1) is 26.4 Å². The Balaban J connectivity index is 1.40. The summed E-state index contributed by atoms with van der Waals surface area (Å²) in [6.07, 6.45) is 3.54. The van der Waals surface area contributed by atoms with Crippen LogP contribution in [-0.2, 0) is 9.47 Å². The molecule has 146 valence electrons. The molecule has 5 heteroatoms. The molecule has 28 heavy (non-hydrogen) atoms. The highest BCUT2D eigenvalue weighted by Crippen LogP contribution is 2.20. The van der Waals surface area contributed by atoms with Gasteiger partial charge in [0.25, 0.3) is 0 Å². The summed E-state index contributed by atoms with van der Waals surface area (Å²) in [6, 6.07) is 16.2. The average Bonchev–Trinajstić information content (AvgIpc) is 2.79. The SMILES string of the molecule is O=C(/C=C/c1ccc(N2CCOCC2)cc1)c1cccc(N2CCOCC2)c1. The average molecular weight is 378 g/mol. The summed E-state index contributed by atoms with van der Waals surface area (Å²) in [6.45, 7) is 6.60. The van der Waals surface area contributed by atoms with Gasteiger partial charge in [-0.05, 0) is 35.9 Å². The molecular weight excluding hydrogens is 352 g/mol. The summed E-state index contributed by atoms with van der Waals surface area (Å²) in [4.78, 5) is 17.2. The molecule has 2 heterocycles. The molecule has 2 fully saturated rings. The van der Waals surface area contributed by atoms with Crippen LogP contribution in [0.3, 0.4) is 0 Å². The molecule has 2 saturated heterocycles. The minimum absolute atomic E-state index is 0.0207. The van der Waals surface area contributed by atoms with E-state index in [0.717, 1.165) is 63.9 Å². The van der Waals surface area contributed by atoms with Crippen molar-refractivity contribution in [2.24, 2.45) is 0 Å². The van der Waals surface area contributed by atoms with E-state index >= 15 is 0 Å². The summed E-state index contributed by atoms with van der Waals surface area (Å²) < 4.78 is 10.8. The van der Waals surface area contributed by atoms with Crippen LogP contribution in [-0.4, -0.2) is 58.4 Å². The number of allylic oxidation sites excluding steroid dienone is 1. The van der Waals surface area contributed by atoms with Crippen LogP contribution in [0, 0.1) is 0 Å². The molecule has 2 aliphatic heterocycles. The van der Waals surface area contributed by atoms with Crippen molar-refractivity contribution in [2.75, 3.05) is 62.4 Å². The second-order valence-electron chi connectivity index (χ2n) is 7.04. The first-order chi connectivity index (χ1) is 13.8. The maximum atomic E-state index is 12.6. The fourth-order valence-electron chi connectivity index (χ4n) is 3.56. The van der Waals surface area contributed by atoms with Gasteiger partial charge in [-0.15, -0.1) is 0 Å². The molecule has 2 aromatic carbocycles. The second-order valence-corrected chi connectivity index (χ2v) is 7.04. The molecule has 2 aliphatic rings. The van der Waals surface area contributed by atoms with E-state index in [1.165, 1.54) is 5.69 Å². The first-order valence-electron chi connectivity index (χ1n) is 9.87.